The lowest BCUT2D eigenvalue weighted by atomic mass is 9.93. The molecule has 0 aliphatic carbocycles. The summed E-state index contributed by atoms with van der Waals surface area (Å²) in [4.78, 5) is 23.8. The normalized spacial score (nSPS) is 11.8. The average Bonchev–Trinajstić information content (AvgIpc) is 2.77. The molecule has 0 spiro atoms. The minimum Gasteiger partial charge on any atom is -0.427 e. The number of alkyl halides is 3. The zero-order valence-electron chi connectivity index (χ0n) is 19.6. The van der Waals surface area contributed by atoms with Gasteiger partial charge in [-0.2, -0.15) is 13.2 Å². The van der Waals surface area contributed by atoms with Crippen molar-refractivity contribution in [1.29, 1.82) is 0 Å². The van der Waals surface area contributed by atoms with Crippen LogP contribution in [-0.2, 0) is 27.4 Å². The first-order valence-electron chi connectivity index (χ1n) is 10.7. The lowest BCUT2D eigenvalue weighted by Gasteiger charge is -2.18. The Hall–Kier alpha value is -3.70. The second-order valence-electron chi connectivity index (χ2n) is 8.00. The maximum atomic E-state index is 13.8. The molecule has 0 bridgehead atoms. The zero-order valence-corrected chi connectivity index (χ0v) is 20.4. The third-order valence-electron chi connectivity index (χ3n) is 5.34. The molecule has 0 aromatic heterocycles. The second-order valence-corrected chi connectivity index (χ2v) is 9.53. The fourth-order valence-electron chi connectivity index (χ4n) is 3.76. The van der Waals surface area contributed by atoms with Gasteiger partial charge in [0.25, 0.3) is 5.91 Å². The summed E-state index contributed by atoms with van der Waals surface area (Å²) in [7, 11) is -3.93. The summed E-state index contributed by atoms with van der Waals surface area (Å²) in [5.74, 6) is -1.49. The Morgan fingerprint density at radius 3 is 2.22 bits per heavy atom. The van der Waals surface area contributed by atoms with E-state index in [0.29, 0.717) is 28.8 Å². The van der Waals surface area contributed by atoms with Gasteiger partial charge in [-0.1, -0.05) is 19.1 Å². The molecule has 3 rings (SSSR count). The van der Waals surface area contributed by atoms with Gasteiger partial charge in [0.05, 0.1) is 10.5 Å². The van der Waals surface area contributed by atoms with Crippen LogP contribution in [0.1, 0.15) is 40.9 Å². The van der Waals surface area contributed by atoms with Crippen molar-refractivity contribution in [2.75, 3.05) is 5.32 Å². The number of nitrogens with one attached hydrogen (secondary N) is 1. The number of ether oxygens (including phenoxy) is 1. The predicted octanol–water partition coefficient (Wildman–Crippen LogP) is 5.07. The molecule has 0 saturated heterocycles. The highest BCUT2D eigenvalue weighted by Crippen LogP contribution is 2.41. The molecule has 3 aromatic carbocycles. The number of rotatable bonds is 6. The van der Waals surface area contributed by atoms with Crippen LogP contribution in [0, 0.1) is 6.92 Å². The smallest absolute Gasteiger partial charge is 0.417 e. The summed E-state index contributed by atoms with van der Waals surface area (Å²) in [6.45, 7) is 4.37. The van der Waals surface area contributed by atoms with E-state index in [-0.39, 0.29) is 21.8 Å². The van der Waals surface area contributed by atoms with Crippen LogP contribution in [0.25, 0.3) is 11.1 Å². The molecule has 0 atom stereocenters. The average molecular weight is 521 g/mol. The fourth-order valence-corrected chi connectivity index (χ4v) is 4.53. The Balaban J connectivity index is 1.96. The van der Waals surface area contributed by atoms with Crippen molar-refractivity contribution < 1.29 is 35.9 Å². The number of aryl methyl sites for hydroxylation is 2. The number of hydrogen-bond donors (Lipinski definition) is 2. The summed E-state index contributed by atoms with van der Waals surface area (Å²) in [6, 6.07) is 11.7. The number of anilines is 1. The summed E-state index contributed by atoms with van der Waals surface area (Å²) in [5.41, 5.74) is 0.623. The van der Waals surface area contributed by atoms with Crippen LogP contribution in [0.3, 0.4) is 0 Å². The SMILES string of the molecule is CCc1cc(NC(=O)c2ccc(S(N)(=O)=O)c(C)c2)ccc1-c1ccc(OC(C)=O)cc1C(F)(F)F. The lowest BCUT2D eigenvalue weighted by molar-refractivity contribution is -0.138. The third kappa shape index (κ3) is 6.10. The van der Waals surface area contributed by atoms with E-state index in [1.807, 2.05) is 0 Å². The molecule has 1 amide bonds. The van der Waals surface area contributed by atoms with Crippen LogP contribution in [0.5, 0.6) is 5.75 Å². The molecule has 7 nitrogen and oxygen atoms in total. The molecule has 0 aliphatic rings. The topological polar surface area (TPSA) is 116 Å². The first-order valence-corrected chi connectivity index (χ1v) is 12.2. The van der Waals surface area contributed by atoms with E-state index in [0.717, 1.165) is 13.0 Å². The summed E-state index contributed by atoms with van der Waals surface area (Å²) < 4.78 is 69.4. The molecule has 0 fully saturated rings. The molecule has 3 aromatic rings. The van der Waals surface area contributed by atoms with Gasteiger partial charge in [-0.15, -0.1) is 0 Å². The minimum atomic E-state index is -4.70. The number of carbonyl (C=O) groups excluding carboxylic acids is 2. The standard InChI is InChI=1S/C25H23F3N2O5S/c1-4-16-12-18(30-24(32)17-5-10-23(14(2)11-17)36(29,33)34)6-8-20(16)21-9-7-19(35-15(3)31)13-22(21)25(26,27)28/h5-13H,4H2,1-3H3,(H,30,32)(H2,29,33,34). The quantitative estimate of drug-likeness (QED) is 0.348. The summed E-state index contributed by atoms with van der Waals surface area (Å²) in [5, 5.41) is 7.82. The van der Waals surface area contributed by atoms with Gasteiger partial charge < -0.3 is 10.1 Å². The van der Waals surface area contributed by atoms with Gasteiger partial charge in [0.15, 0.2) is 0 Å². The van der Waals surface area contributed by atoms with Gasteiger partial charge in [0.2, 0.25) is 10.0 Å². The number of sulfonamides is 1. The number of nitrogens with two attached hydrogens (primary N) is 1. The number of hydrogen-bond acceptors (Lipinski definition) is 5. The van der Waals surface area contributed by atoms with Crippen LogP contribution >= 0.6 is 0 Å². The summed E-state index contributed by atoms with van der Waals surface area (Å²) >= 11 is 0. The molecule has 0 aliphatic heterocycles. The molecular formula is C25H23F3N2O5S. The van der Waals surface area contributed by atoms with Crippen LogP contribution in [0.4, 0.5) is 18.9 Å². The molecule has 11 heteroatoms. The van der Waals surface area contributed by atoms with Crippen molar-refractivity contribution in [1.82, 2.24) is 0 Å². The second kappa shape index (κ2) is 10.1. The molecular weight excluding hydrogens is 497 g/mol. The number of primary sulfonamides is 1. The maximum absolute atomic E-state index is 13.8. The Morgan fingerprint density at radius 1 is 1.00 bits per heavy atom. The van der Waals surface area contributed by atoms with Crippen LogP contribution < -0.4 is 15.2 Å². The first kappa shape index (κ1) is 26.9. The third-order valence-corrected chi connectivity index (χ3v) is 6.41. The largest absolute Gasteiger partial charge is 0.427 e. The maximum Gasteiger partial charge on any atom is 0.417 e. The predicted molar refractivity (Wildman–Crippen MR) is 128 cm³/mol. The van der Waals surface area contributed by atoms with E-state index in [2.05, 4.69) is 5.32 Å². The number of halogens is 3. The van der Waals surface area contributed by atoms with Gasteiger partial charge in [0.1, 0.15) is 5.75 Å². The Morgan fingerprint density at radius 2 is 1.67 bits per heavy atom. The van der Waals surface area contributed by atoms with E-state index in [9.17, 15) is 31.2 Å². The Kier molecular flexibility index (Phi) is 7.56. The molecule has 190 valence electrons. The van der Waals surface area contributed by atoms with E-state index >= 15 is 0 Å². The van der Waals surface area contributed by atoms with Crippen LogP contribution in [0.15, 0.2) is 59.5 Å². The zero-order chi connectivity index (χ0) is 26.8. The van der Waals surface area contributed by atoms with E-state index in [4.69, 9.17) is 9.88 Å². The molecule has 0 unspecified atom stereocenters. The summed E-state index contributed by atoms with van der Waals surface area (Å²) in [6.07, 6.45) is -4.34. The monoisotopic (exact) mass is 520 g/mol. The van der Waals surface area contributed by atoms with Gasteiger partial charge in [-0.25, -0.2) is 13.6 Å². The van der Waals surface area contributed by atoms with Gasteiger partial charge in [-0.05, 0) is 78.1 Å². The van der Waals surface area contributed by atoms with Gasteiger partial charge >= 0.3 is 12.1 Å². The van der Waals surface area contributed by atoms with Crippen molar-refractivity contribution in [2.24, 2.45) is 5.14 Å². The molecule has 0 radical (unpaired) electrons. The highest BCUT2D eigenvalue weighted by atomic mass is 32.2. The number of amides is 1. The Labute approximate surface area is 206 Å². The lowest BCUT2D eigenvalue weighted by Crippen LogP contribution is -2.16. The highest BCUT2D eigenvalue weighted by molar-refractivity contribution is 7.89. The Bertz CT molecular complexity index is 1450. The van der Waals surface area contributed by atoms with Crippen molar-refractivity contribution >= 4 is 27.6 Å². The molecule has 0 saturated carbocycles. The van der Waals surface area contributed by atoms with Crippen LogP contribution in [0.2, 0.25) is 0 Å². The number of esters is 1. The first-order chi connectivity index (χ1) is 16.7. The fraction of sp³-hybridized carbons (Fsp3) is 0.200. The van der Waals surface area contributed by atoms with E-state index in [1.165, 1.54) is 49.4 Å². The van der Waals surface area contributed by atoms with Crippen molar-refractivity contribution in [2.45, 2.75) is 38.3 Å². The van der Waals surface area contributed by atoms with Gasteiger partial charge in [-0.3, -0.25) is 9.59 Å². The van der Waals surface area contributed by atoms with Crippen molar-refractivity contribution in [3.05, 3.63) is 76.9 Å². The number of carbonyl (C=O) groups is 2. The van der Waals surface area contributed by atoms with Crippen molar-refractivity contribution in [3.8, 4) is 16.9 Å². The molecule has 36 heavy (non-hydrogen) atoms. The molecule has 3 N–H and O–H groups in total. The minimum absolute atomic E-state index is 0.0951. The molecule has 0 heterocycles. The number of benzene rings is 3. The van der Waals surface area contributed by atoms with Gasteiger partial charge in [0, 0.05) is 18.2 Å². The highest BCUT2D eigenvalue weighted by Gasteiger charge is 2.35. The van der Waals surface area contributed by atoms with E-state index < -0.39 is 33.6 Å². The van der Waals surface area contributed by atoms with Crippen molar-refractivity contribution in [3.63, 3.8) is 0 Å². The van der Waals surface area contributed by atoms with Crippen LogP contribution in [-0.4, -0.2) is 20.3 Å². The van der Waals surface area contributed by atoms with E-state index in [1.54, 1.807) is 13.0 Å².